The van der Waals surface area contributed by atoms with E-state index in [4.69, 9.17) is 21.1 Å². The van der Waals surface area contributed by atoms with E-state index in [1.165, 1.54) is 9.36 Å². The summed E-state index contributed by atoms with van der Waals surface area (Å²) in [7, 11) is 1.56. The molecule has 4 aromatic rings. The molecule has 0 radical (unpaired) electrons. The number of rotatable bonds is 7. The van der Waals surface area contributed by atoms with E-state index in [0.29, 0.717) is 22.2 Å². The van der Waals surface area contributed by atoms with E-state index in [-0.39, 0.29) is 18.4 Å². The molecule has 32 heavy (non-hydrogen) atoms. The number of aryl methyl sites for hydroxylation is 2. The molecule has 1 atom stereocenters. The molecule has 3 aromatic carbocycles. The molecular weight excluding hydrogens is 428 g/mol. The van der Waals surface area contributed by atoms with Crippen LogP contribution >= 0.6 is 11.6 Å². The van der Waals surface area contributed by atoms with Gasteiger partial charge >= 0.3 is 5.69 Å². The van der Waals surface area contributed by atoms with E-state index in [0.717, 1.165) is 16.7 Å². The summed E-state index contributed by atoms with van der Waals surface area (Å²) in [6, 6.07) is 20.7. The zero-order chi connectivity index (χ0) is 22.7. The highest BCUT2D eigenvalue weighted by molar-refractivity contribution is 6.30. The maximum atomic E-state index is 12.3. The van der Waals surface area contributed by atoms with Crippen LogP contribution in [-0.4, -0.2) is 19.8 Å². The Kier molecular flexibility index (Phi) is 6.28. The lowest BCUT2D eigenvalue weighted by molar-refractivity contribution is 0.224. The van der Waals surface area contributed by atoms with Crippen molar-refractivity contribution in [2.45, 2.75) is 26.6 Å². The number of tetrazole rings is 1. The maximum Gasteiger partial charge on any atom is 0.368 e. The quantitative estimate of drug-likeness (QED) is 0.410. The van der Waals surface area contributed by atoms with Gasteiger partial charge in [-0.25, -0.2) is 4.79 Å². The summed E-state index contributed by atoms with van der Waals surface area (Å²) in [6.45, 7) is 4.22. The molecule has 1 heterocycles. The molecule has 0 saturated carbocycles. The lowest BCUT2D eigenvalue weighted by atomic mass is 10.1. The van der Waals surface area contributed by atoms with Gasteiger partial charge in [0.2, 0.25) is 0 Å². The van der Waals surface area contributed by atoms with Crippen LogP contribution in [0.5, 0.6) is 11.5 Å². The molecule has 4 rings (SSSR count). The standard InChI is InChI=1S/C24H23ClN4O3/c1-16-6-4-9-23(29-24(30)28(3)26-27-29)22(16)15-31-20-7-5-8-21(14-20)32-17(2)18-10-12-19(25)13-11-18/h4-14,17H,15H2,1-3H3. The van der Waals surface area contributed by atoms with Crippen LogP contribution in [-0.2, 0) is 13.7 Å². The minimum atomic E-state index is -0.316. The molecule has 0 fully saturated rings. The third-order valence-electron chi connectivity index (χ3n) is 5.18. The fourth-order valence-electron chi connectivity index (χ4n) is 3.34. The van der Waals surface area contributed by atoms with Gasteiger partial charge in [-0.3, -0.25) is 0 Å². The lowest BCUT2D eigenvalue weighted by Gasteiger charge is -2.17. The lowest BCUT2D eigenvalue weighted by Crippen LogP contribution is -2.23. The second-order valence-corrected chi connectivity index (χ2v) is 7.88. The second kappa shape index (κ2) is 9.28. The Bertz CT molecular complexity index is 1280. The monoisotopic (exact) mass is 450 g/mol. The van der Waals surface area contributed by atoms with Crippen molar-refractivity contribution in [3.63, 3.8) is 0 Å². The van der Waals surface area contributed by atoms with Crippen molar-refractivity contribution in [3.05, 3.63) is 98.9 Å². The number of aromatic nitrogens is 4. The Morgan fingerprint density at radius 2 is 1.72 bits per heavy atom. The summed E-state index contributed by atoms with van der Waals surface area (Å²) in [6.07, 6.45) is -0.144. The van der Waals surface area contributed by atoms with Crippen molar-refractivity contribution in [1.82, 2.24) is 19.8 Å². The molecule has 7 nitrogen and oxygen atoms in total. The highest BCUT2D eigenvalue weighted by atomic mass is 35.5. The number of nitrogens with zero attached hydrogens (tertiary/aromatic N) is 4. The molecule has 8 heteroatoms. The average molecular weight is 451 g/mol. The van der Waals surface area contributed by atoms with Crippen molar-refractivity contribution >= 4 is 11.6 Å². The van der Waals surface area contributed by atoms with E-state index in [1.807, 2.05) is 80.6 Å². The van der Waals surface area contributed by atoms with Crippen LogP contribution in [0.2, 0.25) is 5.02 Å². The zero-order valence-corrected chi connectivity index (χ0v) is 18.8. The Morgan fingerprint density at radius 3 is 2.44 bits per heavy atom. The average Bonchev–Trinajstić information content (AvgIpc) is 3.11. The predicted molar refractivity (Wildman–Crippen MR) is 123 cm³/mol. The fraction of sp³-hybridized carbons (Fsp3) is 0.208. The van der Waals surface area contributed by atoms with Gasteiger partial charge in [0, 0.05) is 23.7 Å². The van der Waals surface area contributed by atoms with E-state index in [9.17, 15) is 4.79 Å². The molecule has 0 aliphatic carbocycles. The van der Waals surface area contributed by atoms with E-state index >= 15 is 0 Å². The number of halogens is 1. The molecular formula is C24H23ClN4O3. The van der Waals surface area contributed by atoms with Gasteiger partial charge < -0.3 is 9.47 Å². The van der Waals surface area contributed by atoms with Crippen molar-refractivity contribution in [2.75, 3.05) is 0 Å². The molecule has 0 bridgehead atoms. The van der Waals surface area contributed by atoms with Crippen LogP contribution in [0.1, 0.15) is 29.7 Å². The first-order valence-electron chi connectivity index (χ1n) is 10.2. The molecule has 0 spiro atoms. The Labute approximate surface area is 190 Å². The smallest absolute Gasteiger partial charge is 0.368 e. The van der Waals surface area contributed by atoms with Gasteiger partial charge in [0.05, 0.1) is 5.69 Å². The molecule has 0 N–H and O–H groups in total. The van der Waals surface area contributed by atoms with Crippen LogP contribution in [0.15, 0.2) is 71.5 Å². The number of benzene rings is 3. The summed E-state index contributed by atoms with van der Waals surface area (Å²) in [5, 5.41) is 8.45. The number of ether oxygens (including phenoxy) is 2. The minimum Gasteiger partial charge on any atom is -0.489 e. The molecule has 1 unspecified atom stereocenters. The van der Waals surface area contributed by atoms with Gasteiger partial charge in [0.15, 0.2) is 0 Å². The minimum absolute atomic E-state index is 0.144. The fourth-order valence-corrected chi connectivity index (χ4v) is 3.46. The predicted octanol–water partition coefficient (Wildman–Crippen LogP) is 4.65. The Hall–Kier alpha value is -3.58. The molecule has 0 amide bonds. The Morgan fingerprint density at radius 1 is 1.00 bits per heavy atom. The zero-order valence-electron chi connectivity index (χ0n) is 18.0. The summed E-state index contributed by atoms with van der Waals surface area (Å²) >= 11 is 5.97. The van der Waals surface area contributed by atoms with E-state index in [2.05, 4.69) is 10.4 Å². The molecule has 0 aliphatic rings. The maximum absolute atomic E-state index is 12.3. The van der Waals surface area contributed by atoms with Crippen molar-refractivity contribution in [2.24, 2.45) is 7.05 Å². The van der Waals surface area contributed by atoms with Crippen LogP contribution < -0.4 is 15.2 Å². The van der Waals surface area contributed by atoms with Crippen LogP contribution in [0, 0.1) is 6.92 Å². The third kappa shape index (κ3) is 4.68. The molecule has 0 aliphatic heterocycles. The normalized spacial score (nSPS) is 11.9. The van der Waals surface area contributed by atoms with E-state index < -0.39 is 0 Å². The summed E-state index contributed by atoms with van der Waals surface area (Å²) in [5.74, 6) is 1.35. The Balaban J connectivity index is 1.51. The SMILES string of the molecule is Cc1cccc(-n2nnn(C)c2=O)c1COc1cccc(OC(C)c2ccc(Cl)cc2)c1. The highest BCUT2D eigenvalue weighted by Crippen LogP contribution is 2.27. The van der Waals surface area contributed by atoms with Gasteiger partial charge in [0.1, 0.15) is 24.2 Å². The third-order valence-corrected chi connectivity index (χ3v) is 5.43. The topological polar surface area (TPSA) is 71.2 Å². The summed E-state index contributed by atoms with van der Waals surface area (Å²) in [5.41, 5.74) is 3.20. The molecule has 1 aromatic heterocycles. The highest BCUT2D eigenvalue weighted by Gasteiger charge is 2.14. The van der Waals surface area contributed by atoms with Gasteiger partial charge in [-0.05, 0) is 65.7 Å². The van der Waals surface area contributed by atoms with Crippen molar-refractivity contribution < 1.29 is 9.47 Å². The van der Waals surface area contributed by atoms with Gasteiger partial charge in [-0.15, -0.1) is 0 Å². The first-order chi connectivity index (χ1) is 15.4. The largest absolute Gasteiger partial charge is 0.489 e. The molecule has 0 saturated heterocycles. The first-order valence-corrected chi connectivity index (χ1v) is 10.5. The molecule has 164 valence electrons. The summed E-state index contributed by atoms with van der Waals surface area (Å²) < 4.78 is 14.6. The number of hydrogen-bond donors (Lipinski definition) is 0. The van der Waals surface area contributed by atoms with Gasteiger partial charge in [-0.2, -0.15) is 9.36 Å². The van der Waals surface area contributed by atoms with Crippen LogP contribution in [0.4, 0.5) is 0 Å². The van der Waals surface area contributed by atoms with Crippen molar-refractivity contribution in [3.8, 4) is 17.2 Å². The van der Waals surface area contributed by atoms with Crippen LogP contribution in [0.25, 0.3) is 5.69 Å². The van der Waals surface area contributed by atoms with Crippen LogP contribution in [0.3, 0.4) is 0 Å². The van der Waals surface area contributed by atoms with Crippen molar-refractivity contribution in [1.29, 1.82) is 0 Å². The summed E-state index contributed by atoms with van der Waals surface area (Å²) in [4.78, 5) is 12.3. The second-order valence-electron chi connectivity index (χ2n) is 7.44. The van der Waals surface area contributed by atoms with Gasteiger partial charge in [0.25, 0.3) is 0 Å². The number of hydrogen-bond acceptors (Lipinski definition) is 5. The van der Waals surface area contributed by atoms with Gasteiger partial charge in [-0.1, -0.05) is 41.9 Å². The first kappa shape index (κ1) is 21.6. The van der Waals surface area contributed by atoms with E-state index in [1.54, 1.807) is 7.05 Å².